The molecule has 0 bridgehead atoms. The molecule has 1 aromatic heterocycles. The highest BCUT2D eigenvalue weighted by Gasteiger charge is 2.19. The summed E-state index contributed by atoms with van der Waals surface area (Å²) in [5.74, 6) is 0.311. The van der Waals surface area contributed by atoms with Crippen molar-refractivity contribution in [2.75, 3.05) is 11.8 Å². The number of sulfonamides is 1. The normalized spacial score (nSPS) is 11.6. The largest absolute Gasteiger partial charge is 0.316 e. The minimum atomic E-state index is -3.63. The van der Waals surface area contributed by atoms with E-state index in [2.05, 4.69) is 15.1 Å². The van der Waals surface area contributed by atoms with Crippen LogP contribution < -0.4 is 10.0 Å². The van der Waals surface area contributed by atoms with Gasteiger partial charge in [-0.15, -0.1) is 0 Å². The van der Waals surface area contributed by atoms with Crippen molar-refractivity contribution in [3.63, 3.8) is 0 Å². The van der Waals surface area contributed by atoms with Crippen molar-refractivity contribution in [3.8, 4) is 0 Å². The number of hydrogen-bond donors (Lipinski definition) is 2. The second-order valence-electron chi connectivity index (χ2n) is 4.55. The number of anilines is 1. The van der Waals surface area contributed by atoms with E-state index in [0.29, 0.717) is 12.4 Å². The summed E-state index contributed by atoms with van der Waals surface area (Å²) in [4.78, 5) is 0.274. The van der Waals surface area contributed by atoms with E-state index in [1.54, 1.807) is 43.0 Å². The SMILES string of the molecule is CNCc1cccc(S(=O)(=O)Nc2ccn(C)n2)c1C. The van der Waals surface area contributed by atoms with Crippen molar-refractivity contribution in [1.82, 2.24) is 15.1 Å². The maximum Gasteiger partial charge on any atom is 0.263 e. The number of aromatic nitrogens is 2. The Bertz CT molecular complexity index is 707. The van der Waals surface area contributed by atoms with Crippen LogP contribution in [-0.2, 0) is 23.6 Å². The van der Waals surface area contributed by atoms with Gasteiger partial charge in [0.2, 0.25) is 0 Å². The Labute approximate surface area is 118 Å². The average molecular weight is 294 g/mol. The zero-order valence-corrected chi connectivity index (χ0v) is 12.5. The highest BCUT2D eigenvalue weighted by Crippen LogP contribution is 2.21. The van der Waals surface area contributed by atoms with E-state index in [1.807, 2.05) is 13.1 Å². The molecule has 6 nitrogen and oxygen atoms in total. The Morgan fingerprint density at radius 1 is 1.30 bits per heavy atom. The summed E-state index contributed by atoms with van der Waals surface area (Å²) in [6, 6.07) is 6.86. The van der Waals surface area contributed by atoms with Crippen LogP contribution in [0.4, 0.5) is 5.82 Å². The number of rotatable bonds is 5. The minimum Gasteiger partial charge on any atom is -0.316 e. The predicted molar refractivity (Wildman–Crippen MR) is 78.0 cm³/mol. The molecule has 0 fully saturated rings. The third-order valence-corrected chi connectivity index (χ3v) is 4.50. The summed E-state index contributed by atoms with van der Waals surface area (Å²) >= 11 is 0. The third-order valence-electron chi connectivity index (χ3n) is 3.01. The van der Waals surface area contributed by atoms with Crippen LogP contribution >= 0.6 is 0 Å². The third kappa shape index (κ3) is 3.00. The fourth-order valence-corrected chi connectivity index (χ4v) is 3.28. The smallest absolute Gasteiger partial charge is 0.263 e. The lowest BCUT2D eigenvalue weighted by Gasteiger charge is -2.12. The molecule has 0 atom stereocenters. The van der Waals surface area contributed by atoms with E-state index in [4.69, 9.17) is 0 Å². The van der Waals surface area contributed by atoms with E-state index >= 15 is 0 Å². The van der Waals surface area contributed by atoms with Gasteiger partial charge in [0.25, 0.3) is 10.0 Å². The molecular formula is C13H18N4O2S. The second-order valence-corrected chi connectivity index (χ2v) is 6.20. The Kier molecular flexibility index (Phi) is 4.10. The van der Waals surface area contributed by atoms with Crippen molar-refractivity contribution in [2.45, 2.75) is 18.4 Å². The molecule has 0 saturated carbocycles. The lowest BCUT2D eigenvalue weighted by atomic mass is 10.1. The molecule has 7 heteroatoms. The molecule has 0 saturated heterocycles. The second kappa shape index (κ2) is 5.64. The van der Waals surface area contributed by atoms with Gasteiger partial charge in [0.05, 0.1) is 4.90 Å². The molecule has 0 spiro atoms. The van der Waals surface area contributed by atoms with Crippen LogP contribution in [0, 0.1) is 6.92 Å². The Morgan fingerprint density at radius 3 is 2.65 bits per heavy atom. The lowest BCUT2D eigenvalue weighted by molar-refractivity contribution is 0.600. The van der Waals surface area contributed by atoms with Gasteiger partial charge >= 0.3 is 0 Å². The Balaban J connectivity index is 2.36. The first-order chi connectivity index (χ1) is 9.44. The van der Waals surface area contributed by atoms with E-state index in [-0.39, 0.29) is 4.90 Å². The van der Waals surface area contributed by atoms with Gasteiger partial charge in [-0.3, -0.25) is 9.40 Å². The maximum atomic E-state index is 12.4. The molecule has 0 radical (unpaired) electrons. The lowest BCUT2D eigenvalue weighted by Crippen LogP contribution is -2.16. The highest BCUT2D eigenvalue weighted by molar-refractivity contribution is 7.92. The first-order valence-electron chi connectivity index (χ1n) is 6.19. The summed E-state index contributed by atoms with van der Waals surface area (Å²) in [5, 5.41) is 7.05. The van der Waals surface area contributed by atoms with Crippen molar-refractivity contribution in [1.29, 1.82) is 0 Å². The monoisotopic (exact) mass is 294 g/mol. The molecule has 2 aromatic rings. The molecule has 0 aliphatic heterocycles. The molecular weight excluding hydrogens is 276 g/mol. The van der Waals surface area contributed by atoms with E-state index in [9.17, 15) is 8.42 Å². The standard InChI is InChI=1S/C13H18N4O2S/c1-10-11(9-14-2)5-4-6-12(10)20(18,19)16-13-7-8-17(3)15-13/h4-8,14H,9H2,1-3H3,(H,15,16). The summed E-state index contributed by atoms with van der Waals surface area (Å²) < 4.78 is 28.8. The van der Waals surface area contributed by atoms with Gasteiger partial charge in [0, 0.05) is 25.9 Å². The number of hydrogen-bond acceptors (Lipinski definition) is 4. The minimum absolute atomic E-state index is 0.274. The molecule has 0 aliphatic rings. The van der Waals surface area contributed by atoms with Gasteiger partial charge in [0.1, 0.15) is 0 Å². The highest BCUT2D eigenvalue weighted by atomic mass is 32.2. The molecule has 20 heavy (non-hydrogen) atoms. The van der Waals surface area contributed by atoms with Crippen molar-refractivity contribution < 1.29 is 8.42 Å². The fraction of sp³-hybridized carbons (Fsp3) is 0.308. The van der Waals surface area contributed by atoms with Crippen molar-refractivity contribution >= 4 is 15.8 Å². The van der Waals surface area contributed by atoms with Crippen molar-refractivity contribution in [2.24, 2.45) is 7.05 Å². The molecule has 2 N–H and O–H groups in total. The first kappa shape index (κ1) is 14.5. The van der Waals surface area contributed by atoms with E-state index < -0.39 is 10.0 Å². The molecule has 1 aromatic carbocycles. The summed E-state index contributed by atoms with van der Waals surface area (Å²) in [5.41, 5.74) is 1.70. The number of nitrogens with one attached hydrogen (secondary N) is 2. The first-order valence-corrected chi connectivity index (χ1v) is 7.68. The zero-order valence-electron chi connectivity index (χ0n) is 11.7. The van der Waals surface area contributed by atoms with E-state index in [0.717, 1.165) is 11.1 Å². The van der Waals surface area contributed by atoms with Crippen LogP contribution in [0.15, 0.2) is 35.4 Å². The zero-order chi connectivity index (χ0) is 14.8. The van der Waals surface area contributed by atoms with Crippen LogP contribution in [0.3, 0.4) is 0 Å². The van der Waals surface area contributed by atoms with Gasteiger partial charge in [-0.25, -0.2) is 8.42 Å². The van der Waals surface area contributed by atoms with Crippen molar-refractivity contribution in [3.05, 3.63) is 41.6 Å². The molecule has 108 valence electrons. The maximum absolute atomic E-state index is 12.4. The predicted octanol–water partition coefficient (Wildman–Crippen LogP) is 1.25. The van der Waals surface area contributed by atoms with Crippen LogP contribution in [0.25, 0.3) is 0 Å². The van der Waals surface area contributed by atoms with E-state index in [1.165, 1.54) is 0 Å². The fourth-order valence-electron chi connectivity index (χ4n) is 2.00. The summed E-state index contributed by atoms with van der Waals surface area (Å²) in [6.07, 6.45) is 1.68. The van der Waals surface area contributed by atoms with Crippen LogP contribution in [0.2, 0.25) is 0 Å². The number of nitrogens with zero attached hydrogens (tertiary/aromatic N) is 2. The van der Waals surface area contributed by atoms with Gasteiger partial charge < -0.3 is 5.32 Å². The number of benzene rings is 1. The van der Waals surface area contributed by atoms with Gasteiger partial charge in [-0.2, -0.15) is 5.10 Å². The van der Waals surface area contributed by atoms with Gasteiger partial charge in [-0.05, 0) is 31.2 Å². The van der Waals surface area contributed by atoms with Crippen LogP contribution in [0.5, 0.6) is 0 Å². The van der Waals surface area contributed by atoms with Crippen LogP contribution in [-0.4, -0.2) is 25.2 Å². The molecule has 0 amide bonds. The average Bonchev–Trinajstić information content (AvgIpc) is 2.76. The molecule has 0 aliphatic carbocycles. The quantitative estimate of drug-likeness (QED) is 0.870. The van der Waals surface area contributed by atoms with Gasteiger partial charge in [-0.1, -0.05) is 12.1 Å². The summed E-state index contributed by atoms with van der Waals surface area (Å²) in [6.45, 7) is 2.43. The Morgan fingerprint density at radius 2 is 2.05 bits per heavy atom. The number of aryl methyl sites for hydroxylation is 1. The molecule has 0 unspecified atom stereocenters. The topological polar surface area (TPSA) is 76.0 Å². The molecule has 2 rings (SSSR count). The summed E-state index contributed by atoms with van der Waals surface area (Å²) in [7, 11) is -0.0662. The Hall–Kier alpha value is -1.86. The molecule has 1 heterocycles. The van der Waals surface area contributed by atoms with Crippen LogP contribution in [0.1, 0.15) is 11.1 Å². The van der Waals surface area contributed by atoms with Gasteiger partial charge in [0.15, 0.2) is 5.82 Å².